The molecule has 24 heavy (non-hydrogen) atoms. The zero-order valence-electron chi connectivity index (χ0n) is 13.3. The molecule has 5 nitrogen and oxygen atoms in total. The molecule has 132 valence electrons. The second-order valence-corrected chi connectivity index (χ2v) is 5.98. The van der Waals surface area contributed by atoms with E-state index in [0.717, 1.165) is 18.6 Å². The molecule has 1 aromatic carbocycles. The van der Waals surface area contributed by atoms with E-state index in [4.69, 9.17) is 5.73 Å². The molecule has 3 N–H and O–H groups in total. The molecule has 1 aromatic rings. The van der Waals surface area contributed by atoms with E-state index in [1.165, 1.54) is 12.1 Å². The first-order valence-electron chi connectivity index (χ1n) is 7.70. The van der Waals surface area contributed by atoms with Crippen molar-refractivity contribution in [2.75, 3.05) is 18.4 Å². The molecule has 0 radical (unpaired) electrons. The van der Waals surface area contributed by atoms with Crippen molar-refractivity contribution in [3.8, 4) is 0 Å². The molecule has 8 heteroatoms. The van der Waals surface area contributed by atoms with Gasteiger partial charge in [0.2, 0.25) is 11.8 Å². The average Bonchev–Trinajstić information content (AvgIpc) is 2.53. The van der Waals surface area contributed by atoms with Gasteiger partial charge in [-0.25, -0.2) is 0 Å². The van der Waals surface area contributed by atoms with Gasteiger partial charge in [0.05, 0.1) is 17.5 Å². The van der Waals surface area contributed by atoms with Gasteiger partial charge in [0.1, 0.15) is 0 Å². The molecule has 1 aliphatic heterocycles. The minimum absolute atomic E-state index is 0.278. The fourth-order valence-electron chi connectivity index (χ4n) is 2.75. The van der Waals surface area contributed by atoms with Crippen molar-refractivity contribution in [2.45, 2.75) is 32.0 Å². The smallest absolute Gasteiger partial charge is 0.369 e. The molecule has 0 aromatic heterocycles. The van der Waals surface area contributed by atoms with Crippen molar-refractivity contribution in [1.82, 2.24) is 4.90 Å². The molecule has 2 amide bonds. The Bertz CT molecular complexity index is 602. The first kappa shape index (κ1) is 18.3. The lowest BCUT2D eigenvalue weighted by Crippen LogP contribution is -2.49. The molecule has 1 saturated heterocycles. The highest BCUT2D eigenvalue weighted by Crippen LogP contribution is 2.29. The normalized spacial score (nSPS) is 20.4. The number of piperidine rings is 1. The Morgan fingerprint density at radius 2 is 1.92 bits per heavy atom. The zero-order valence-corrected chi connectivity index (χ0v) is 13.3. The number of nitrogens with one attached hydrogen (secondary N) is 1. The summed E-state index contributed by atoms with van der Waals surface area (Å²) in [5.74, 6) is -0.991. The molecule has 1 fully saturated rings. The van der Waals surface area contributed by atoms with Crippen LogP contribution in [-0.2, 0) is 15.8 Å². The number of alkyl halides is 3. The maximum absolute atomic E-state index is 12.5. The molecule has 2 rings (SSSR count). The molecule has 2 atom stereocenters. The van der Waals surface area contributed by atoms with E-state index >= 15 is 0 Å². The Labute approximate surface area is 138 Å². The predicted molar refractivity (Wildman–Crippen MR) is 83.0 cm³/mol. The lowest BCUT2D eigenvalue weighted by atomic mass is 9.96. The van der Waals surface area contributed by atoms with Gasteiger partial charge >= 0.3 is 6.18 Å². The van der Waals surface area contributed by atoms with Crippen molar-refractivity contribution in [3.05, 3.63) is 29.8 Å². The topological polar surface area (TPSA) is 75.4 Å². The van der Waals surface area contributed by atoms with Crippen molar-refractivity contribution in [1.29, 1.82) is 0 Å². The SMILES string of the molecule is C[C@@H](C(=O)Nc1ccc(C(F)(F)F)cc1)N1CCC[C@H](C(N)=O)C1. The molecular weight excluding hydrogens is 323 g/mol. The highest BCUT2D eigenvalue weighted by atomic mass is 19.4. The van der Waals surface area contributed by atoms with Gasteiger partial charge in [-0.15, -0.1) is 0 Å². The minimum atomic E-state index is -4.41. The van der Waals surface area contributed by atoms with Crippen LogP contribution in [0.2, 0.25) is 0 Å². The highest BCUT2D eigenvalue weighted by molar-refractivity contribution is 5.94. The van der Waals surface area contributed by atoms with E-state index in [0.29, 0.717) is 25.2 Å². The lowest BCUT2D eigenvalue weighted by molar-refractivity contribution is -0.137. The van der Waals surface area contributed by atoms with Crippen LogP contribution in [0.15, 0.2) is 24.3 Å². The Hall–Kier alpha value is -2.09. The summed E-state index contributed by atoms with van der Waals surface area (Å²) in [5, 5.41) is 2.60. The number of rotatable bonds is 4. The lowest BCUT2D eigenvalue weighted by Gasteiger charge is -2.34. The summed E-state index contributed by atoms with van der Waals surface area (Å²) in [4.78, 5) is 25.4. The van der Waals surface area contributed by atoms with Crippen LogP contribution in [0.5, 0.6) is 0 Å². The van der Waals surface area contributed by atoms with Gasteiger partial charge in [0.15, 0.2) is 0 Å². The number of carbonyl (C=O) groups excluding carboxylic acids is 2. The van der Waals surface area contributed by atoms with Crippen LogP contribution in [0.25, 0.3) is 0 Å². The minimum Gasteiger partial charge on any atom is -0.369 e. The maximum Gasteiger partial charge on any atom is 0.416 e. The van der Waals surface area contributed by atoms with E-state index in [2.05, 4.69) is 5.32 Å². The first-order chi connectivity index (χ1) is 11.2. The van der Waals surface area contributed by atoms with Gasteiger partial charge in [-0.2, -0.15) is 13.2 Å². The third-order valence-electron chi connectivity index (χ3n) is 4.26. The van der Waals surface area contributed by atoms with E-state index in [1.54, 1.807) is 6.92 Å². The van der Waals surface area contributed by atoms with Crippen molar-refractivity contribution >= 4 is 17.5 Å². The summed E-state index contributed by atoms with van der Waals surface area (Å²) in [5.41, 5.74) is 4.85. The third-order valence-corrected chi connectivity index (χ3v) is 4.26. The van der Waals surface area contributed by atoms with E-state index in [-0.39, 0.29) is 17.7 Å². The summed E-state index contributed by atoms with van der Waals surface area (Å²) in [7, 11) is 0. The van der Waals surface area contributed by atoms with E-state index in [1.807, 2.05) is 4.90 Å². The van der Waals surface area contributed by atoms with Crippen LogP contribution in [0.3, 0.4) is 0 Å². The molecule has 1 heterocycles. The monoisotopic (exact) mass is 343 g/mol. The van der Waals surface area contributed by atoms with Crippen LogP contribution < -0.4 is 11.1 Å². The number of anilines is 1. The Balaban J connectivity index is 1.97. The molecule has 0 unspecified atom stereocenters. The summed E-state index contributed by atoms with van der Waals surface area (Å²) >= 11 is 0. The number of benzene rings is 1. The number of nitrogens with two attached hydrogens (primary N) is 1. The van der Waals surface area contributed by atoms with Crippen molar-refractivity contribution in [3.63, 3.8) is 0 Å². The summed E-state index contributed by atoms with van der Waals surface area (Å²) in [6.45, 7) is 2.78. The molecule has 0 spiro atoms. The fraction of sp³-hybridized carbons (Fsp3) is 0.500. The van der Waals surface area contributed by atoms with Crippen LogP contribution in [0, 0.1) is 5.92 Å². The first-order valence-corrected chi connectivity index (χ1v) is 7.70. The van der Waals surface area contributed by atoms with Crippen LogP contribution in [0.4, 0.5) is 18.9 Å². The second-order valence-electron chi connectivity index (χ2n) is 5.98. The summed E-state index contributed by atoms with van der Waals surface area (Å²) in [6.07, 6.45) is -2.93. The molecule has 0 saturated carbocycles. The van der Waals surface area contributed by atoms with Crippen molar-refractivity contribution < 1.29 is 22.8 Å². The van der Waals surface area contributed by atoms with Crippen LogP contribution >= 0.6 is 0 Å². The van der Waals surface area contributed by atoms with E-state index in [9.17, 15) is 22.8 Å². The van der Waals surface area contributed by atoms with Gasteiger partial charge in [0.25, 0.3) is 0 Å². The van der Waals surface area contributed by atoms with E-state index < -0.39 is 17.8 Å². The molecular formula is C16H20F3N3O2. The Morgan fingerprint density at radius 3 is 2.46 bits per heavy atom. The Kier molecular flexibility index (Phi) is 5.48. The van der Waals surface area contributed by atoms with Crippen molar-refractivity contribution in [2.24, 2.45) is 11.7 Å². The highest BCUT2D eigenvalue weighted by Gasteiger charge is 2.31. The van der Waals surface area contributed by atoms with Gasteiger partial charge in [0, 0.05) is 12.2 Å². The number of carbonyl (C=O) groups is 2. The fourth-order valence-corrected chi connectivity index (χ4v) is 2.75. The maximum atomic E-state index is 12.5. The predicted octanol–water partition coefficient (Wildman–Crippen LogP) is 2.23. The standard InChI is InChI=1S/C16H20F3N3O2/c1-10(22-8-2-3-11(9-22)14(20)23)15(24)21-13-6-4-12(5-7-13)16(17,18)19/h4-7,10-11H,2-3,8-9H2,1H3,(H2,20,23)(H,21,24)/t10-,11-/m0/s1. The van der Waals surface area contributed by atoms with Crippen LogP contribution in [0.1, 0.15) is 25.3 Å². The number of amides is 2. The summed E-state index contributed by atoms with van der Waals surface area (Å²) in [6, 6.07) is 3.77. The van der Waals surface area contributed by atoms with Gasteiger partial charge in [-0.3, -0.25) is 14.5 Å². The Morgan fingerprint density at radius 1 is 1.29 bits per heavy atom. The third kappa shape index (κ3) is 4.47. The summed E-state index contributed by atoms with van der Waals surface area (Å²) < 4.78 is 37.6. The molecule has 0 bridgehead atoms. The largest absolute Gasteiger partial charge is 0.416 e. The average molecular weight is 343 g/mol. The number of halogens is 3. The van der Waals surface area contributed by atoms with Crippen LogP contribution in [-0.4, -0.2) is 35.8 Å². The number of nitrogens with zero attached hydrogens (tertiary/aromatic N) is 1. The molecule has 0 aliphatic carbocycles. The van der Waals surface area contributed by atoms with Gasteiger partial charge < -0.3 is 11.1 Å². The van der Waals surface area contributed by atoms with Gasteiger partial charge in [-0.1, -0.05) is 0 Å². The molecule has 1 aliphatic rings. The number of hydrogen-bond acceptors (Lipinski definition) is 3. The second kappa shape index (κ2) is 7.21. The number of primary amides is 1. The zero-order chi connectivity index (χ0) is 17.9. The quantitative estimate of drug-likeness (QED) is 0.880. The number of hydrogen-bond donors (Lipinski definition) is 2. The van der Waals surface area contributed by atoms with Gasteiger partial charge in [-0.05, 0) is 50.6 Å². The number of likely N-dealkylation sites (tertiary alicyclic amines) is 1.